The highest BCUT2D eigenvalue weighted by Gasteiger charge is 2.29. The summed E-state index contributed by atoms with van der Waals surface area (Å²) in [6, 6.07) is 24.1. The number of rotatable bonds is 10. The van der Waals surface area contributed by atoms with Crippen molar-refractivity contribution < 1.29 is 14.3 Å². The molecular weight excluding hydrogens is 436 g/mol. The molecule has 0 saturated heterocycles. The van der Waals surface area contributed by atoms with Gasteiger partial charge in [0, 0.05) is 31.5 Å². The normalized spacial score (nSPS) is 11.5. The van der Waals surface area contributed by atoms with Gasteiger partial charge in [-0.15, -0.1) is 0 Å². The molecular formula is C27H29ClN2O3. The maximum absolute atomic E-state index is 13.5. The molecule has 3 rings (SSSR count). The molecule has 3 aromatic carbocycles. The molecule has 0 heterocycles. The molecule has 1 N–H and O–H groups in total. The van der Waals surface area contributed by atoms with Crippen LogP contribution in [0.4, 0.5) is 0 Å². The van der Waals surface area contributed by atoms with E-state index in [1.807, 2.05) is 78.9 Å². The van der Waals surface area contributed by atoms with Crippen molar-refractivity contribution in [3.8, 4) is 5.75 Å². The van der Waals surface area contributed by atoms with Crippen LogP contribution in [-0.4, -0.2) is 36.9 Å². The molecule has 0 fully saturated rings. The number of nitrogens with zero attached hydrogens (tertiary/aromatic N) is 1. The molecule has 0 aliphatic carbocycles. The van der Waals surface area contributed by atoms with Crippen LogP contribution in [0.1, 0.15) is 23.1 Å². The summed E-state index contributed by atoms with van der Waals surface area (Å²) in [6.45, 7) is 0.295. The third kappa shape index (κ3) is 6.83. The fourth-order valence-corrected chi connectivity index (χ4v) is 4.00. The van der Waals surface area contributed by atoms with Gasteiger partial charge in [0.1, 0.15) is 11.8 Å². The van der Waals surface area contributed by atoms with Crippen LogP contribution in [0.5, 0.6) is 5.75 Å². The molecule has 172 valence electrons. The lowest BCUT2D eigenvalue weighted by Crippen LogP contribution is -2.49. The van der Waals surface area contributed by atoms with Crippen molar-refractivity contribution >= 4 is 23.4 Å². The number of benzene rings is 3. The Morgan fingerprint density at radius 1 is 0.970 bits per heavy atom. The van der Waals surface area contributed by atoms with Gasteiger partial charge >= 0.3 is 0 Å². The average molecular weight is 465 g/mol. The van der Waals surface area contributed by atoms with E-state index < -0.39 is 6.04 Å². The Balaban J connectivity index is 1.89. The van der Waals surface area contributed by atoms with Gasteiger partial charge in [0.25, 0.3) is 0 Å². The minimum absolute atomic E-state index is 0.109. The summed E-state index contributed by atoms with van der Waals surface area (Å²) in [7, 11) is 3.20. The molecule has 0 saturated carbocycles. The molecule has 1 atom stereocenters. The summed E-state index contributed by atoms with van der Waals surface area (Å²) in [4.78, 5) is 28.1. The Kier molecular flexibility index (Phi) is 8.90. The molecule has 6 heteroatoms. The molecule has 33 heavy (non-hydrogen) atoms. The Morgan fingerprint density at radius 3 is 2.36 bits per heavy atom. The number of aryl methyl sites for hydroxylation is 1. The summed E-state index contributed by atoms with van der Waals surface area (Å²) < 4.78 is 5.34. The van der Waals surface area contributed by atoms with Crippen molar-refractivity contribution in [2.45, 2.75) is 31.8 Å². The molecule has 2 amide bonds. The highest BCUT2D eigenvalue weighted by atomic mass is 35.5. The summed E-state index contributed by atoms with van der Waals surface area (Å²) in [5.74, 6) is 0.394. The molecule has 3 aromatic rings. The van der Waals surface area contributed by atoms with Crippen molar-refractivity contribution in [1.82, 2.24) is 10.2 Å². The maximum Gasteiger partial charge on any atom is 0.242 e. The first kappa shape index (κ1) is 24.3. The number of ether oxygens (including phenoxy) is 1. The van der Waals surface area contributed by atoms with Crippen LogP contribution >= 0.6 is 11.6 Å². The van der Waals surface area contributed by atoms with E-state index in [0.717, 1.165) is 16.7 Å². The summed E-state index contributed by atoms with van der Waals surface area (Å²) in [5.41, 5.74) is 2.79. The number of carbonyl (C=O) groups is 2. The second-order valence-corrected chi connectivity index (χ2v) is 8.19. The zero-order valence-electron chi connectivity index (χ0n) is 19.0. The van der Waals surface area contributed by atoms with Crippen molar-refractivity contribution in [3.05, 3.63) is 101 Å². The van der Waals surface area contributed by atoms with Crippen LogP contribution in [-0.2, 0) is 29.0 Å². The SMILES string of the molecule is CNC(=O)[C@@H](Cc1ccccc1)N(Cc1cccc(OC)c1)C(=O)CCc1ccccc1Cl. The summed E-state index contributed by atoms with van der Waals surface area (Å²) >= 11 is 6.29. The van der Waals surface area contributed by atoms with Gasteiger partial charge in [-0.2, -0.15) is 0 Å². The van der Waals surface area contributed by atoms with Crippen molar-refractivity contribution in [2.75, 3.05) is 14.2 Å². The standard InChI is InChI=1S/C27H29ClN2O3/c1-29-27(32)25(18-20-9-4-3-5-10-20)30(19-21-11-8-13-23(17-21)33-2)26(31)16-15-22-12-6-7-14-24(22)28/h3-14,17,25H,15-16,18-19H2,1-2H3,(H,29,32)/t25-/m1/s1. The number of hydrogen-bond acceptors (Lipinski definition) is 3. The third-order valence-electron chi connectivity index (χ3n) is 5.57. The van der Waals surface area contributed by atoms with E-state index in [1.54, 1.807) is 19.1 Å². The van der Waals surface area contributed by atoms with E-state index in [2.05, 4.69) is 5.32 Å². The second-order valence-electron chi connectivity index (χ2n) is 7.78. The number of likely N-dealkylation sites (N-methyl/N-ethyl adjacent to an activating group) is 1. The Labute approximate surface area is 200 Å². The number of halogens is 1. The van der Waals surface area contributed by atoms with E-state index in [-0.39, 0.29) is 18.2 Å². The molecule has 0 bridgehead atoms. The zero-order valence-corrected chi connectivity index (χ0v) is 19.7. The molecule has 0 spiro atoms. The van der Waals surface area contributed by atoms with Gasteiger partial charge < -0.3 is 15.0 Å². The van der Waals surface area contributed by atoms with Crippen molar-refractivity contribution in [1.29, 1.82) is 0 Å². The summed E-state index contributed by atoms with van der Waals surface area (Å²) in [6.07, 6.45) is 1.16. The predicted molar refractivity (Wildman–Crippen MR) is 131 cm³/mol. The van der Waals surface area contributed by atoms with E-state index in [1.165, 1.54) is 0 Å². The number of carbonyl (C=O) groups excluding carboxylic acids is 2. The fourth-order valence-electron chi connectivity index (χ4n) is 3.77. The van der Waals surface area contributed by atoms with Gasteiger partial charge in [-0.25, -0.2) is 0 Å². The van der Waals surface area contributed by atoms with Crippen LogP contribution in [0.2, 0.25) is 5.02 Å². The fraction of sp³-hybridized carbons (Fsp3) is 0.259. The first-order valence-electron chi connectivity index (χ1n) is 10.9. The van der Waals surface area contributed by atoms with Gasteiger partial charge in [0.15, 0.2) is 0 Å². The van der Waals surface area contributed by atoms with Crippen LogP contribution in [0, 0.1) is 0 Å². The van der Waals surface area contributed by atoms with Crippen LogP contribution < -0.4 is 10.1 Å². The Hall–Kier alpha value is -3.31. The highest BCUT2D eigenvalue weighted by molar-refractivity contribution is 6.31. The molecule has 5 nitrogen and oxygen atoms in total. The van der Waals surface area contributed by atoms with Gasteiger partial charge in [-0.1, -0.05) is 72.3 Å². The zero-order chi connectivity index (χ0) is 23.6. The number of methoxy groups -OCH3 is 1. The highest BCUT2D eigenvalue weighted by Crippen LogP contribution is 2.21. The molecule has 0 aliphatic heterocycles. The van der Waals surface area contributed by atoms with Crippen molar-refractivity contribution in [2.24, 2.45) is 0 Å². The number of hydrogen-bond donors (Lipinski definition) is 1. The van der Waals surface area contributed by atoms with E-state index in [0.29, 0.717) is 30.2 Å². The quantitative estimate of drug-likeness (QED) is 0.474. The third-order valence-corrected chi connectivity index (χ3v) is 5.94. The van der Waals surface area contributed by atoms with Gasteiger partial charge in [-0.3, -0.25) is 9.59 Å². The van der Waals surface area contributed by atoms with E-state index in [4.69, 9.17) is 16.3 Å². The topological polar surface area (TPSA) is 58.6 Å². The van der Waals surface area contributed by atoms with Crippen molar-refractivity contribution in [3.63, 3.8) is 0 Å². The van der Waals surface area contributed by atoms with E-state index >= 15 is 0 Å². The Bertz CT molecular complexity index is 1070. The molecule has 0 radical (unpaired) electrons. The first-order valence-corrected chi connectivity index (χ1v) is 11.3. The maximum atomic E-state index is 13.5. The lowest BCUT2D eigenvalue weighted by molar-refractivity contribution is -0.141. The average Bonchev–Trinajstić information content (AvgIpc) is 2.85. The number of nitrogens with one attached hydrogen (secondary N) is 1. The van der Waals surface area contributed by atoms with Crippen LogP contribution in [0.25, 0.3) is 0 Å². The van der Waals surface area contributed by atoms with Crippen LogP contribution in [0.15, 0.2) is 78.9 Å². The van der Waals surface area contributed by atoms with Gasteiger partial charge in [-0.05, 0) is 41.3 Å². The lowest BCUT2D eigenvalue weighted by Gasteiger charge is -2.31. The summed E-state index contributed by atoms with van der Waals surface area (Å²) in [5, 5.41) is 3.37. The van der Waals surface area contributed by atoms with Crippen LogP contribution in [0.3, 0.4) is 0 Å². The molecule has 0 unspecified atom stereocenters. The second kappa shape index (κ2) is 12.1. The molecule has 0 aromatic heterocycles. The largest absolute Gasteiger partial charge is 0.497 e. The monoisotopic (exact) mass is 464 g/mol. The Morgan fingerprint density at radius 2 is 1.67 bits per heavy atom. The minimum atomic E-state index is -0.651. The molecule has 0 aliphatic rings. The smallest absolute Gasteiger partial charge is 0.242 e. The van der Waals surface area contributed by atoms with Gasteiger partial charge in [0.2, 0.25) is 11.8 Å². The van der Waals surface area contributed by atoms with Gasteiger partial charge in [0.05, 0.1) is 7.11 Å². The predicted octanol–water partition coefficient (Wildman–Crippen LogP) is 4.67. The van der Waals surface area contributed by atoms with E-state index in [9.17, 15) is 9.59 Å². The first-order chi connectivity index (χ1) is 16.0. The lowest BCUT2D eigenvalue weighted by atomic mass is 10.0. The number of amides is 2. The minimum Gasteiger partial charge on any atom is -0.497 e.